The van der Waals surface area contributed by atoms with Gasteiger partial charge in [-0.15, -0.1) is 12.4 Å². The Labute approximate surface area is 157 Å². The third-order valence-electron chi connectivity index (χ3n) is 3.78. The standard InChI is InChI=1S/C18H19ClN2O3.ClH/c1-3-23-17-7-11-6-10(2)24-16(11)9-15(17)21-18(22)13-5-4-12(20)8-14(13)19;/h4-5,7-10H,3,6,20H2,1-2H3,(H,21,22);1H. The molecule has 1 unspecified atom stereocenters. The molecule has 3 rings (SSSR count). The summed E-state index contributed by atoms with van der Waals surface area (Å²) in [5, 5.41) is 3.15. The van der Waals surface area contributed by atoms with Crippen molar-refractivity contribution in [2.24, 2.45) is 0 Å². The van der Waals surface area contributed by atoms with Gasteiger partial charge in [-0.25, -0.2) is 0 Å². The predicted molar refractivity (Wildman–Crippen MR) is 102 cm³/mol. The first-order valence-corrected chi connectivity index (χ1v) is 8.18. The number of carbonyl (C=O) groups is 1. The minimum absolute atomic E-state index is 0. The zero-order valence-corrected chi connectivity index (χ0v) is 15.5. The molecule has 0 radical (unpaired) electrons. The first-order chi connectivity index (χ1) is 11.5. The van der Waals surface area contributed by atoms with Crippen LogP contribution >= 0.6 is 24.0 Å². The summed E-state index contributed by atoms with van der Waals surface area (Å²) in [6, 6.07) is 8.50. The number of hydrogen-bond donors (Lipinski definition) is 2. The molecule has 0 aromatic heterocycles. The van der Waals surface area contributed by atoms with Gasteiger partial charge in [-0.05, 0) is 38.1 Å². The fourth-order valence-electron chi connectivity index (χ4n) is 2.72. The average molecular weight is 383 g/mol. The van der Waals surface area contributed by atoms with Crippen molar-refractivity contribution >= 4 is 41.3 Å². The predicted octanol–water partition coefficient (Wildman–Crippen LogP) is 4.32. The smallest absolute Gasteiger partial charge is 0.257 e. The monoisotopic (exact) mass is 382 g/mol. The van der Waals surface area contributed by atoms with Crippen LogP contribution in [0.15, 0.2) is 30.3 Å². The number of hydrogen-bond acceptors (Lipinski definition) is 4. The molecular formula is C18H20Cl2N2O3. The zero-order chi connectivity index (χ0) is 17.3. The van der Waals surface area contributed by atoms with E-state index < -0.39 is 0 Å². The lowest BCUT2D eigenvalue weighted by Gasteiger charge is -2.14. The third kappa shape index (κ3) is 4.11. The van der Waals surface area contributed by atoms with Crippen LogP contribution in [-0.2, 0) is 6.42 Å². The van der Waals surface area contributed by atoms with Crippen LogP contribution in [0.25, 0.3) is 0 Å². The van der Waals surface area contributed by atoms with E-state index in [1.54, 1.807) is 24.3 Å². The highest BCUT2D eigenvalue weighted by atomic mass is 35.5. The zero-order valence-electron chi connectivity index (χ0n) is 14.0. The van der Waals surface area contributed by atoms with Crippen molar-refractivity contribution in [3.63, 3.8) is 0 Å². The summed E-state index contributed by atoms with van der Waals surface area (Å²) in [6.07, 6.45) is 0.944. The van der Waals surface area contributed by atoms with Crippen molar-refractivity contribution < 1.29 is 14.3 Å². The van der Waals surface area contributed by atoms with E-state index >= 15 is 0 Å². The maximum absolute atomic E-state index is 12.5. The molecule has 1 aliphatic heterocycles. The van der Waals surface area contributed by atoms with E-state index in [4.69, 9.17) is 26.8 Å². The van der Waals surface area contributed by atoms with Crippen molar-refractivity contribution in [2.75, 3.05) is 17.7 Å². The number of nitrogen functional groups attached to an aromatic ring is 1. The molecule has 5 nitrogen and oxygen atoms in total. The molecule has 0 saturated carbocycles. The van der Waals surface area contributed by atoms with Crippen molar-refractivity contribution in [3.05, 3.63) is 46.5 Å². The first kappa shape index (κ1) is 19.2. The summed E-state index contributed by atoms with van der Waals surface area (Å²) in [5.74, 6) is 1.06. The molecule has 0 spiro atoms. The lowest BCUT2D eigenvalue weighted by molar-refractivity contribution is 0.102. The molecule has 1 atom stereocenters. The van der Waals surface area contributed by atoms with Gasteiger partial charge in [-0.2, -0.15) is 0 Å². The number of nitrogens with one attached hydrogen (secondary N) is 1. The summed E-state index contributed by atoms with van der Waals surface area (Å²) >= 11 is 6.11. The molecule has 1 heterocycles. The van der Waals surface area contributed by atoms with E-state index in [2.05, 4.69) is 5.32 Å². The van der Waals surface area contributed by atoms with E-state index in [-0.39, 0.29) is 24.4 Å². The molecular weight excluding hydrogens is 363 g/mol. The van der Waals surface area contributed by atoms with Gasteiger partial charge in [0.05, 0.1) is 22.9 Å². The molecule has 0 bridgehead atoms. The highest BCUT2D eigenvalue weighted by Gasteiger charge is 2.23. The van der Waals surface area contributed by atoms with Gasteiger partial charge in [0.1, 0.15) is 17.6 Å². The van der Waals surface area contributed by atoms with E-state index in [1.807, 2.05) is 19.9 Å². The van der Waals surface area contributed by atoms with Gasteiger partial charge in [0.2, 0.25) is 0 Å². The molecule has 3 N–H and O–H groups in total. The summed E-state index contributed by atoms with van der Waals surface area (Å²) < 4.78 is 11.4. The van der Waals surface area contributed by atoms with E-state index in [1.165, 1.54) is 0 Å². The van der Waals surface area contributed by atoms with Gasteiger partial charge < -0.3 is 20.5 Å². The number of anilines is 2. The van der Waals surface area contributed by atoms with Crippen LogP contribution < -0.4 is 20.5 Å². The second-order valence-corrected chi connectivity index (χ2v) is 6.12. The summed E-state index contributed by atoms with van der Waals surface area (Å²) in [4.78, 5) is 12.5. The van der Waals surface area contributed by atoms with Gasteiger partial charge in [0.15, 0.2) is 0 Å². The minimum Gasteiger partial charge on any atom is -0.492 e. The van der Waals surface area contributed by atoms with Crippen LogP contribution in [0.4, 0.5) is 11.4 Å². The largest absolute Gasteiger partial charge is 0.492 e. The van der Waals surface area contributed by atoms with Crippen LogP contribution in [0.2, 0.25) is 5.02 Å². The number of benzene rings is 2. The average Bonchev–Trinajstić information content (AvgIpc) is 2.86. The molecule has 134 valence electrons. The minimum atomic E-state index is -0.327. The molecule has 25 heavy (non-hydrogen) atoms. The number of amides is 1. The van der Waals surface area contributed by atoms with E-state index in [9.17, 15) is 4.79 Å². The van der Waals surface area contributed by atoms with Crippen LogP contribution in [0, 0.1) is 0 Å². The molecule has 7 heteroatoms. The van der Waals surface area contributed by atoms with Gasteiger partial charge in [-0.3, -0.25) is 4.79 Å². The van der Waals surface area contributed by atoms with E-state index in [0.717, 1.165) is 17.7 Å². The van der Waals surface area contributed by atoms with Crippen LogP contribution in [0.3, 0.4) is 0 Å². The maximum atomic E-state index is 12.5. The van der Waals surface area contributed by atoms with Crippen LogP contribution in [0.1, 0.15) is 29.8 Å². The Bertz CT molecular complexity index is 796. The Kier molecular flexibility index (Phi) is 6.03. The second kappa shape index (κ2) is 7.85. The Morgan fingerprint density at radius 2 is 2.16 bits per heavy atom. The molecule has 0 saturated heterocycles. The number of rotatable bonds is 4. The Morgan fingerprint density at radius 1 is 1.40 bits per heavy atom. The molecule has 0 fully saturated rings. The number of halogens is 2. The topological polar surface area (TPSA) is 73.6 Å². The Hall–Kier alpha value is -2.11. The van der Waals surface area contributed by atoms with Gasteiger partial charge in [0, 0.05) is 23.7 Å². The molecule has 0 aliphatic carbocycles. The summed E-state index contributed by atoms with van der Waals surface area (Å²) in [6.45, 7) is 4.41. The quantitative estimate of drug-likeness (QED) is 0.772. The Balaban J connectivity index is 0.00000225. The fraction of sp³-hybridized carbons (Fsp3) is 0.278. The number of fused-ring (bicyclic) bond motifs is 1. The van der Waals surface area contributed by atoms with Gasteiger partial charge in [0.25, 0.3) is 5.91 Å². The maximum Gasteiger partial charge on any atom is 0.257 e. The summed E-state index contributed by atoms with van der Waals surface area (Å²) in [5.41, 5.74) is 8.16. The Morgan fingerprint density at radius 3 is 2.84 bits per heavy atom. The second-order valence-electron chi connectivity index (χ2n) is 5.72. The molecule has 1 aliphatic rings. The molecule has 1 amide bonds. The van der Waals surface area contributed by atoms with E-state index in [0.29, 0.717) is 34.3 Å². The number of carbonyl (C=O) groups excluding carboxylic acids is 1. The third-order valence-corrected chi connectivity index (χ3v) is 4.10. The molecule has 2 aromatic carbocycles. The van der Waals surface area contributed by atoms with Crippen molar-refractivity contribution in [2.45, 2.75) is 26.4 Å². The van der Waals surface area contributed by atoms with Crippen molar-refractivity contribution in [1.82, 2.24) is 0 Å². The SMILES string of the molecule is CCOc1cc2c(cc1NC(=O)c1ccc(N)cc1Cl)OC(C)C2.Cl. The normalized spacial score (nSPS) is 14.9. The number of ether oxygens (including phenoxy) is 2. The van der Waals surface area contributed by atoms with Gasteiger partial charge >= 0.3 is 0 Å². The van der Waals surface area contributed by atoms with Crippen LogP contribution in [-0.4, -0.2) is 18.6 Å². The van der Waals surface area contributed by atoms with Crippen molar-refractivity contribution in [1.29, 1.82) is 0 Å². The number of nitrogens with two attached hydrogens (primary N) is 1. The highest BCUT2D eigenvalue weighted by molar-refractivity contribution is 6.34. The van der Waals surface area contributed by atoms with Gasteiger partial charge in [-0.1, -0.05) is 11.6 Å². The molecule has 2 aromatic rings. The first-order valence-electron chi connectivity index (χ1n) is 7.80. The van der Waals surface area contributed by atoms with Crippen molar-refractivity contribution in [3.8, 4) is 11.5 Å². The lowest BCUT2D eigenvalue weighted by Crippen LogP contribution is -2.14. The highest BCUT2D eigenvalue weighted by Crippen LogP contribution is 2.38. The lowest BCUT2D eigenvalue weighted by atomic mass is 10.1. The summed E-state index contributed by atoms with van der Waals surface area (Å²) in [7, 11) is 0. The van der Waals surface area contributed by atoms with Crippen LogP contribution in [0.5, 0.6) is 11.5 Å². The fourth-order valence-corrected chi connectivity index (χ4v) is 2.99.